The maximum atomic E-state index is 12.3. The van der Waals surface area contributed by atoms with Gasteiger partial charge in [0.25, 0.3) is 5.91 Å². The number of hydrogen-bond acceptors (Lipinski definition) is 5. The lowest BCUT2D eigenvalue weighted by Gasteiger charge is -2.12. The number of ketones is 1. The van der Waals surface area contributed by atoms with Crippen molar-refractivity contribution in [1.29, 1.82) is 0 Å². The lowest BCUT2D eigenvalue weighted by Crippen LogP contribution is -2.14. The normalized spacial score (nSPS) is 10.4. The lowest BCUT2D eigenvalue weighted by molar-refractivity contribution is 0.101. The van der Waals surface area contributed by atoms with E-state index in [0.717, 1.165) is 16.8 Å². The quantitative estimate of drug-likeness (QED) is 0.598. The summed E-state index contributed by atoms with van der Waals surface area (Å²) >= 11 is 6.29. The van der Waals surface area contributed by atoms with Gasteiger partial charge in [-0.05, 0) is 62.2 Å². The van der Waals surface area contributed by atoms with E-state index in [0.29, 0.717) is 22.1 Å². The Morgan fingerprint density at radius 2 is 1.71 bits per heavy atom. The minimum absolute atomic E-state index is 0.0317. The third-order valence-electron chi connectivity index (χ3n) is 4.12. The van der Waals surface area contributed by atoms with Crippen LogP contribution in [0, 0.1) is 13.8 Å². The molecule has 6 nitrogen and oxygen atoms in total. The van der Waals surface area contributed by atoms with Gasteiger partial charge in [0.15, 0.2) is 5.78 Å². The number of nitrogens with zero attached hydrogens (tertiary/aromatic N) is 2. The van der Waals surface area contributed by atoms with E-state index in [9.17, 15) is 9.59 Å². The van der Waals surface area contributed by atoms with Crippen LogP contribution in [0.4, 0.5) is 17.2 Å². The first-order valence-corrected chi connectivity index (χ1v) is 8.99. The molecule has 0 saturated carbocycles. The van der Waals surface area contributed by atoms with E-state index in [1.165, 1.54) is 19.3 Å². The van der Waals surface area contributed by atoms with Crippen molar-refractivity contribution in [2.75, 3.05) is 10.6 Å². The van der Waals surface area contributed by atoms with Crippen LogP contribution >= 0.6 is 11.6 Å². The Bertz CT molecular complexity index is 1010. The second kappa shape index (κ2) is 8.19. The summed E-state index contributed by atoms with van der Waals surface area (Å²) in [5, 5.41) is 6.45. The van der Waals surface area contributed by atoms with Crippen LogP contribution in [0.25, 0.3) is 0 Å². The Morgan fingerprint density at radius 1 is 1.00 bits per heavy atom. The van der Waals surface area contributed by atoms with Crippen molar-refractivity contribution in [3.8, 4) is 0 Å². The summed E-state index contributed by atoms with van der Waals surface area (Å²) in [6.07, 6.45) is 2.86. The average Bonchev–Trinajstić information content (AvgIpc) is 2.65. The second-order valence-electron chi connectivity index (χ2n) is 6.44. The van der Waals surface area contributed by atoms with Crippen LogP contribution in [0.1, 0.15) is 38.9 Å². The monoisotopic (exact) mass is 394 g/mol. The van der Waals surface area contributed by atoms with Gasteiger partial charge in [0.1, 0.15) is 11.5 Å². The van der Waals surface area contributed by atoms with E-state index in [1.807, 2.05) is 26.0 Å². The van der Waals surface area contributed by atoms with Gasteiger partial charge < -0.3 is 10.6 Å². The number of rotatable bonds is 5. The van der Waals surface area contributed by atoms with E-state index in [1.54, 1.807) is 24.3 Å². The summed E-state index contributed by atoms with van der Waals surface area (Å²) in [6, 6.07) is 10.5. The largest absolute Gasteiger partial charge is 0.338 e. The number of aromatic nitrogens is 2. The first-order valence-electron chi connectivity index (χ1n) is 8.61. The zero-order valence-corrected chi connectivity index (χ0v) is 16.5. The van der Waals surface area contributed by atoms with Crippen LogP contribution in [0.15, 0.2) is 48.8 Å². The molecule has 0 spiro atoms. The van der Waals surface area contributed by atoms with Crippen LogP contribution in [-0.4, -0.2) is 21.7 Å². The van der Waals surface area contributed by atoms with Crippen LogP contribution < -0.4 is 10.6 Å². The van der Waals surface area contributed by atoms with Crippen molar-refractivity contribution in [3.63, 3.8) is 0 Å². The highest BCUT2D eigenvalue weighted by molar-refractivity contribution is 6.33. The molecular weight excluding hydrogens is 376 g/mol. The first kappa shape index (κ1) is 19.5. The molecule has 3 rings (SSSR count). The molecule has 142 valence electrons. The fourth-order valence-electron chi connectivity index (χ4n) is 2.70. The third-order valence-corrected chi connectivity index (χ3v) is 4.42. The second-order valence-corrected chi connectivity index (χ2v) is 6.85. The highest BCUT2D eigenvalue weighted by atomic mass is 35.5. The summed E-state index contributed by atoms with van der Waals surface area (Å²) in [5.74, 6) is 0.0612. The van der Waals surface area contributed by atoms with Gasteiger partial charge in [0.2, 0.25) is 0 Å². The van der Waals surface area contributed by atoms with Crippen molar-refractivity contribution in [2.45, 2.75) is 20.8 Å². The molecule has 1 amide bonds. The number of amides is 1. The van der Waals surface area contributed by atoms with Crippen LogP contribution in [0.5, 0.6) is 0 Å². The molecule has 0 atom stereocenters. The summed E-state index contributed by atoms with van der Waals surface area (Å²) in [7, 11) is 0. The fourth-order valence-corrected chi connectivity index (χ4v) is 3.06. The minimum Gasteiger partial charge on any atom is -0.338 e. The Kier molecular flexibility index (Phi) is 5.70. The molecule has 1 heterocycles. The lowest BCUT2D eigenvalue weighted by atomic mass is 10.1. The van der Waals surface area contributed by atoms with E-state index in [-0.39, 0.29) is 17.4 Å². The van der Waals surface area contributed by atoms with Gasteiger partial charge in [0, 0.05) is 11.3 Å². The van der Waals surface area contributed by atoms with Crippen molar-refractivity contribution < 1.29 is 9.59 Å². The molecular formula is C21H19ClN4O2. The predicted octanol–water partition coefficient (Wildman–Crippen LogP) is 4.95. The maximum Gasteiger partial charge on any atom is 0.275 e. The van der Waals surface area contributed by atoms with Gasteiger partial charge in [-0.1, -0.05) is 17.7 Å². The molecule has 0 bridgehead atoms. The summed E-state index contributed by atoms with van der Waals surface area (Å²) in [4.78, 5) is 32.0. The Balaban J connectivity index is 1.70. The third kappa shape index (κ3) is 4.53. The molecule has 0 aliphatic heterocycles. The van der Waals surface area contributed by atoms with Crippen LogP contribution in [0.2, 0.25) is 5.02 Å². The van der Waals surface area contributed by atoms with Crippen molar-refractivity contribution in [3.05, 3.63) is 76.2 Å². The average molecular weight is 395 g/mol. The minimum atomic E-state index is -0.390. The number of halogens is 1. The number of carbonyl (C=O) groups is 2. The molecule has 7 heteroatoms. The molecule has 0 radical (unpaired) electrons. The van der Waals surface area contributed by atoms with Gasteiger partial charge in [0.05, 0.1) is 23.1 Å². The molecule has 1 aromatic heterocycles. The standard InChI is InChI=1S/C21H19ClN4O2/c1-12-8-13(2)20(17(22)9-12)26-19-11-23-18(10-24-19)21(28)25-16-6-4-15(5-7-16)14(3)27/h4-11H,1-3H3,(H,24,26)(H,25,28). The highest BCUT2D eigenvalue weighted by Gasteiger charge is 2.11. The SMILES string of the molecule is CC(=O)c1ccc(NC(=O)c2cnc(Nc3c(C)cc(C)cc3Cl)cn2)cc1. The molecule has 2 aromatic carbocycles. The molecule has 3 aromatic rings. The molecule has 0 unspecified atom stereocenters. The first-order chi connectivity index (χ1) is 13.3. The topological polar surface area (TPSA) is 84.0 Å². The van der Waals surface area contributed by atoms with Gasteiger partial charge in [-0.15, -0.1) is 0 Å². The van der Waals surface area contributed by atoms with E-state index in [4.69, 9.17) is 11.6 Å². The van der Waals surface area contributed by atoms with Crippen LogP contribution in [0.3, 0.4) is 0 Å². The fraction of sp³-hybridized carbons (Fsp3) is 0.143. The molecule has 28 heavy (non-hydrogen) atoms. The Morgan fingerprint density at radius 3 is 2.29 bits per heavy atom. The molecule has 0 fully saturated rings. The van der Waals surface area contributed by atoms with Gasteiger partial charge in [-0.2, -0.15) is 0 Å². The number of hydrogen-bond donors (Lipinski definition) is 2. The van der Waals surface area contributed by atoms with Gasteiger partial charge in [-0.3, -0.25) is 9.59 Å². The Hall–Kier alpha value is -3.25. The maximum absolute atomic E-state index is 12.3. The molecule has 0 aliphatic rings. The summed E-state index contributed by atoms with van der Waals surface area (Å²) < 4.78 is 0. The number of nitrogens with one attached hydrogen (secondary N) is 2. The van der Waals surface area contributed by atoms with E-state index < -0.39 is 0 Å². The number of carbonyl (C=O) groups excluding carboxylic acids is 2. The Labute approximate surface area is 168 Å². The smallest absolute Gasteiger partial charge is 0.275 e. The zero-order chi connectivity index (χ0) is 20.3. The van der Waals surface area contributed by atoms with Crippen LogP contribution in [-0.2, 0) is 0 Å². The summed E-state index contributed by atoms with van der Waals surface area (Å²) in [6.45, 7) is 5.42. The van der Waals surface area contributed by atoms with Crippen molar-refractivity contribution in [2.24, 2.45) is 0 Å². The van der Waals surface area contributed by atoms with Crippen molar-refractivity contribution >= 4 is 40.5 Å². The van der Waals surface area contributed by atoms with E-state index >= 15 is 0 Å². The predicted molar refractivity (Wildman–Crippen MR) is 111 cm³/mol. The molecule has 2 N–H and O–H groups in total. The number of anilines is 3. The highest BCUT2D eigenvalue weighted by Crippen LogP contribution is 2.29. The number of Topliss-reactive ketones (excluding diaryl/α,β-unsaturated/α-hetero) is 1. The number of benzene rings is 2. The van der Waals surface area contributed by atoms with Crippen molar-refractivity contribution in [1.82, 2.24) is 9.97 Å². The number of aryl methyl sites for hydroxylation is 2. The van der Waals surface area contributed by atoms with Gasteiger partial charge >= 0.3 is 0 Å². The van der Waals surface area contributed by atoms with E-state index in [2.05, 4.69) is 20.6 Å². The zero-order valence-electron chi connectivity index (χ0n) is 15.7. The van der Waals surface area contributed by atoms with Gasteiger partial charge in [-0.25, -0.2) is 9.97 Å². The molecule has 0 saturated heterocycles. The molecule has 0 aliphatic carbocycles. The summed E-state index contributed by atoms with van der Waals surface area (Å²) in [5.41, 5.74) is 4.14.